The van der Waals surface area contributed by atoms with Gasteiger partial charge in [-0.25, -0.2) is 0 Å². The molecule has 1 nitrogen and oxygen atoms in total. The van der Waals surface area contributed by atoms with Gasteiger partial charge in [-0.1, -0.05) is 35.9 Å². The molecule has 0 fully saturated rings. The molecule has 0 atom stereocenters. The Morgan fingerprint density at radius 1 is 1.40 bits per heavy atom. The summed E-state index contributed by atoms with van der Waals surface area (Å²) in [5, 5.41) is 9.56. The maximum Gasteiger partial charge on any atom is 0.118 e. The summed E-state index contributed by atoms with van der Waals surface area (Å²) in [6.45, 7) is 5.80. The highest BCUT2D eigenvalue weighted by Crippen LogP contribution is 2.19. The van der Waals surface area contributed by atoms with Crippen molar-refractivity contribution in [1.29, 1.82) is 0 Å². The second kappa shape index (κ2) is 6.07. The van der Waals surface area contributed by atoms with Crippen molar-refractivity contribution in [2.75, 3.05) is 0 Å². The number of aromatic hydroxyl groups is 1. The van der Waals surface area contributed by atoms with E-state index in [1.165, 1.54) is 5.57 Å². The van der Waals surface area contributed by atoms with Crippen LogP contribution in [0.1, 0.15) is 25.3 Å². The summed E-state index contributed by atoms with van der Waals surface area (Å²) >= 11 is 0. The molecule has 0 aliphatic carbocycles. The van der Waals surface area contributed by atoms with Crippen LogP contribution in [0.5, 0.6) is 5.75 Å². The lowest BCUT2D eigenvalue weighted by Gasteiger charge is -2.04. The van der Waals surface area contributed by atoms with Crippen molar-refractivity contribution in [3.05, 3.63) is 54.1 Å². The summed E-state index contributed by atoms with van der Waals surface area (Å²) in [6.07, 6.45) is 6.88. The van der Waals surface area contributed by atoms with Gasteiger partial charge < -0.3 is 5.11 Å². The van der Waals surface area contributed by atoms with Crippen LogP contribution < -0.4 is 0 Å². The Balaban J connectivity index is 2.50. The molecule has 0 unspecified atom stereocenters. The standard InChI is InChI=1S/C14H18O/c1-3-4-7-12(2)10-11-13-8-5-6-9-14(13)15/h3,5-9,15H,1,4,10-11H2,2H3/b12-7-. The number of rotatable bonds is 5. The zero-order valence-corrected chi connectivity index (χ0v) is 9.24. The SMILES string of the molecule is C=CC/C=C(/C)CCc1ccccc1O. The fourth-order valence-electron chi connectivity index (χ4n) is 1.44. The molecule has 1 N–H and O–H groups in total. The molecule has 1 aromatic carbocycles. The predicted molar refractivity (Wildman–Crippen MR) is 65.0 cm³/mol. The van der Waals surface area contributed by atoms with Crippen LogP contribution in [0.2, 0.25) is 0 Å². The normalized spacial score (nSPS) is 11.4. The van der Waals surface area contributed by atoms with E-state index < -0.39 is 0 Å². The van der Waals surface area contributed by atoms with Crippen molar-refractivity contribution in [2.45, 2.75) is 26.2 Å². The van der Waals surface area contributed by atoms with Gasteiger partial charge in [0.05, 0.1) is 0 Å². The number of para-hydroxylation sites is 1. The molecule has 1 heteroatoms. The highest BCUT2D eigenvalue weighted by molar-refractivity contribution is 5.32. The molecule has 0 aliphatic heterocycles. The van der Waals surface area contributed by atoms with Crippen LogP contribution in [-0.4, -0.2) is 5.11 Å². The first-order valence-electron chi connectivity index (χ1n) is 5.27. The highest BCUT2D eigenvalue weighted by atomic mass is 16.3. The number of phenolic OH excluding ortho intramolecular Hbond substituents is 1. The third-order valence-corrected chi connectivity index (χ3v) is 2.41. The molecule has 1 rings (SSSR count). The highest BCUT2D eigenvalue weighted by Gasteiger charge is 1.99. The third-order valence-electron chi connectivity index (χ3n) is 2.41. The smallest absolute Gasteiger partial charge is 0.118 e. The Hall–Kier alpha value is -1.50. The Labute approximate surface area is 91.8 Å². The van der Waals surface area contributed by atoms with Gasteiger partial charge in [-0.3, -0.25) is 0 Å². The largest absolute Gasteiger partial charge is 0.508 e. The summed E-state index contributed by atoms with van der Waals surface area (Å²) in [5.41, 5.74) is 2.36. The minimum atomic E-state index is 0.397. The van der Waals surface area contributed by atoms with E-state index in [1.807, 2.05) is 24.3 Å². The Kier molecular flexibility index (Phi) is 4.69. The molecule has 0 aliphatic rings. The zero-order valence-electron chi connectivity index (χ0n) is 9.24. The quantitative estimate of drug-likeness (QED) is 0.719. The van der Waals surface area contributed by atoms with E-state index in [9.17, 15) is 5.11 Å². The molecule has 15 heavy (non-hydrogen) atoms. The third kappa shape index (κ3) is 4.03. The summed E-state index contributed by atoms with van der Waals surface area (Å²) < 4.78 is 0. The van der Waals surface area contributed by atoms with Crippen molar-refractivity contribution in [3.63, 3.8) is 0 Å². The van der Waals surface area contributed by atoms with Gasteiger partial charge in [0.25, 0.3) is 0 Å². The minimum Gasteiger partial charge on any atom is -0.508 e. The average Bonchev–Trinajstić information content (AvgIpc) is 2.25. The van der Waals surface area contributed by atoms with Gasteiger partial charge in [0.15, 0.2) is 0 Å². The van der Waals surface area contributed by atoms with Crippen LogP contribution in [0, 0.1) is 0 Å². The molecule has 0 spiro atoms. The second-order valence-electron chi connectivity index (χ2n) is 3.70. The monoisotopic (exact) mass is 202 g/mol. The van der Waals surface area contributed by atoms with E-state index >= 15 is 0 Å². The molecule has 0 saturated heterocycles. The van der Waals surface area contributed by atoms with Gasteiger partial charge in [-0.2, -0.15) is 0 Å². The van der Waals surface area contributed by atoms with E-state index in [2.05, 4.69) is 19.6 Å². The summed E-state index contributed by atoms with van der Waals surface area (Å²) in [4.78, 5) is 0. The molecule has 0 heterocycles. The zero-order chi connectivity index (χ0) is 11.1. The van der Waals surface area contributed by atoms with Gasteiger partial charge in [0, 0.05) is 0 Å². The van der Waals surface area contributed by atoms with Crippen LogP contribution in [0.3, 0.4) is 0 Å². The molecule has 0 aromatic heterocycles. The van der Waals surface area contributed by atoms with Crippen molar-refractivity contribution in [2.24, 2.45) is 0 Å². The van der Waals surface area contributed by atoms with Crippen molar-refractivity contribution in [1.82, 2.24) is 0 Å². The number of benzene rings is 1. The average molecular weight is 202 g/mol. The van der Waals surface area contributed by atoms with Crippen LogP contribution >= 0.6 is 0 Å². The van der Waals surface area contributed by atoms with E-state index in [4.69, 9.17) is 0 Å². The molecule has 1 aromatic rings. The summed E-state index contributed by atoms with van der Waals surface area (Å²) in [6, 6.07) is 7.51. The lowest BCUT2D eigenvalue weighted by molar-refractivity contribution is 0.468. The minimum absolute atomic E-state index is 0.397. The van der Waals surface area contributed by atoms with Crippen LogP contribution in [-0.2, 0) is 6.42 Å². The second-order valence-corrected chi connectivity index (χ2v) is 3.70. The number of phenols is 1. The lowest BCUT2D eigenvalue weighted by atomic mass is 10.0. The maximum absolute atomic E-state index is 9.56. The molecule has 0 bridgehead atoms. The fourth-order valence-corrected chi connectivity index (χ4v) is 1.44. The van der Waals surface area contributed by atoms with Crippen molar-refractivity contribution >= 4 is 0 Å². The molecular formula is C14H18O. The number of allylic oxidation sites excluding steroid dienone is 3. The molecule has 0 saturated carbocycles. The van der Waals surface area contributed by atoms with Gasteiger partial charge in [-0.05, 0) is 37.8 Å². The Morgan fingerprint density at radius 3 is 2.80 bits per heavy atom. The van der Waals surface area contributed by atoms with Crippen LogP contribution in [0.25, 0.3) is 0 Å². The molecule has 0 radical (unpaired) electrons. The summed E-state index contributed by atoms with van der Waals surface area (Å²) in [5.74, 6) is 0.397. The first kappa shape index (κ1) is 11.6. The Bertz CT molecular complexity index is 350. The summed E-state index contributed by atoms with van der Waals surface area (Å²) in [7, 11) is 0. The van der Waals surface area contributed by atoms with Crippen molar-refractivity contribution in [3.8, 4) is 5.75 Å². The first-order chi connectivity index (χ1) is 7.24. The van der Waals surface area contributed by atoms with Crippen LogP contribution in [0.4, 0.5) is 0 Å². The van der Waals surface area contributed by atoms with Gasteiger partial charge >= 0.3 is 0 Å². The van der Waals surface area contributed by atoms with Gasteiger partial charge in [0.1, 0.15) is 5.75 Å². The Morgan fingerprint density at radius 2 is 2.13 bits per heavy atom. The van der Waals surface area contributed by atoms with Gasteiger partial charge in [0.2, 0.25) is 0 Å². The molecule has 0 amide bonds. The van der Waals surface area contributed by atoms with E-state index in [1.54, 1.807) is 6.07 Å². The number of hydrogen-bond acceptors (Lipinski definition) is 1. The predicted octanol–water partition coefficient (Wildman–Crippen LogP) is 3.85. The first-order valence-corrected chi connectivity index (χ1v) is 5.27. The number of hydrogen-bond donors (Lipinski definition) is 1. The topological polar surface area (TPSA) is 20.2 Å². The molecular weight excluding hydrogens is 184 g/mol. The van der Waals surface area contributed by atoms with E-state index in [-0.39, 0.29) is 0 Å². The van der Waals surface area contributed by atoms with E-state index in [0.717, 1.165) is 24.8 Å². The maximum atomic E-state index is 9.56. The van der Waals surface area contributed by atoms with Crippen LogP contribution in [0.15, 0.2) is 48.6 Å². The van der Waals surface area contributed by atoms with Crippen molar-refractivity contribution < 1.29 is 5.11 Å². The fraction of sp³-hybridized carbons (Fsp3) is 0.286. The lowest BCUT2D eigenvalue weighted by Crippen LogP contribution is -1.87. The molecule has 80 valence electrons. The number of aryl methyl sites for hydroxylation is 1. The van der Waals surface area contributed by atoms with Gasteiger partial charge in [-0.15, -0.1) is 6.58 Å². The van der Waals surface area contributed by atoms with E-state index in [0.29, 0.717) is 5.75 Å².